The van der Waals surface area contributed by atoms with Gasteiger partial charge in [0.05, 0.1) is 38.0 Å². The lowest BCUT2D eigenvalue weighted by Gasteiger charge is -2.29. The first-order valence-corrected chi connectivity index (χ1v) is 14.3. The number of carbonyl (C=O) groups is 2. The fraction of sp³-hybridized carbons (Fsp3) is 0.500. The van der Waals surface area contributed by atoms with Gasteiger partial charge in [0.25, 0.3) is 11.7 Å². The van der Waals surface area contributed by atoms with E-state index >= 15 is 0 Å². The van der Waals surface area contributed by atoms with E-state index in [1.54, 1.807) is 17.0 Å². The van der Waals surface area contributed by atoms with Gasteiger partial charge in [-0.05, 0) is 67.1 Å². The molecule has 8 nitrogen and oxygen atoms in total. The van der Waals surface area contributed by atoms with Gasteiger partial charge in [0.15, 0.2) is 0 Å². The summed E-state index contributed by atoms with van der Waals surface area (Å²) in [6, 6.07) is 12.2. The molecular weight excluding hydrogens is 508 g/mol. The molecule has 0 radical (unpaired) electrons. The minimum absolute atomic E-state index is 0.109. The molecule has 2 heterocycles. The van der Waals surface area contributed by atoms with Crippen molar-refractivity contribution >= 4 is 17.4 Å². The van der Waals surface area contributed by atoms with E-state index in [-0.39, 0.29) is 11.3 Å². The smallest absolute Gasteiger partial charge is 0.295 e. The van der Waals surface area contributed by atoms with E-state index in [0.29, 0.717) is 56.6 Å². The minimum atomic E-state index is -0.693. The Hall–Kier alpha value is -3.36. The lowest BCUT2D eigenvalue weighted by molar-refractivity contribution is -0.140. The Balaban J connectivity index is 1.66. The van der Waals surface area contributed by atoms with Crippen molar-refractivity contribution in [3.63, 3.8) is 0 Å². The Morgan fingerprint density at radius 2 is 1.73 bits per heavy atom. The number of Topliss-reactive ketones (excluding diaryl/α,β-unsaturated/α-hetero) is 1. The zero-order chi connectivity index (χ0) is 28.6. The van der Waals surface area contributed by atoms with Crippen LogP contribution in [0, 0.1) is 12.8 Å². The molecule has 4 rings (SSSR count). The van der Waals surface area contributed by atoms with Crippen LogP contribution < -0.4 is 9.47 Å². The molecule has 0 spiro atoms. The van der Waals surface area contributed by atoms with Crippen LogP contribution in [0.15, 0.2) is 48.0 Å². The number of carbonyl (C=O) groups excluding carboxylic acids is 2. The number of hydrogen-bond acceptors (Lipinski definition) is 7. The molecule has 2 aromatic rings. The van der Waals surface area contributed by atoms with Crippen molar-refractivity contribution in [2.75, 3.05) is 52.6 Å². The van der Waals surface area contributed by atoms with Crippen LogP contribution in [-0.4, -0.2) is 79.2 Å². The summed E-state index contributed by atoms with van der Waals surface area (Å²) in [5, 5.41) is 11.5. The van der Waals surface area contributed by atoms with Crippen molar-refractivity contribution in [1.82, 2.24) is 9.80 Å². The van der Waals surface area contributed by atoms with Gasteiger partial charge in [-0.2, -0.15) is 0 Å². The summed E-state index contributed by atoms with van der Waals surface area (Å²) in [5.41, 5.74) is 2.14. The number of amides is 1. The highest BCUT2D eigenvalue weighted by molar-refractivity contribution is 6.46. The number of aliphatic hydroxyl groups excluding tert-OH is 1. The zero-order valence-corrected chi connectivity index (χ0v) is 24.2. The molecule has 0 aliphatic carbocycles. The first-order chi connectivity index (χ1) is 19.3. The highest BCUT2D eigenvalue weighted by Crippen LogP contribution is 2.40. The molecule has 2 aliphatic heterocycles. The van der Waals surface area contributed by atoms with E-state index in [1.165, 1.54) is 0 Å². The average Bonchev–Trinajstić information content (AvgIpc) is 3.20. The Labute approximate surface area is 237 Å². The lowest BCUT2D eigenvalue weighted by atomic mass is 9.93. The second kappa shape index (κ2) is 13.8. The number of benzene rings is 2. The maximum Gasteiger partial charge on any atom is 0.295 e. The minimum Gasteiger partial charge on any atom is -0.507 e. The van der Waals surface area contributed by atoms with Gasteiger partial charge >= 0.3 is 0 Å². The summed E-state index contributed by atoms with van der Waals surface area (Å²) in [5.74, 6) is 0.381. The standard InChI is InChI=1S/C32H42N2O6/c1-5-17-39-25-9-7-24(8-10-25)29-28(30(35)27-12-11-26(20-23(27)4)40-21-22(2)3)31(36)32(37)34(29)14-6-13-33-15-18-38-19-16-33/h7-12,20,22,29,35H,5-6,13-19,21H2,1-4H3/b30-28+. The number of nitrogens with zero attached hydrogens (tertiary/aromatic N) is 2. The van der Waals surface area contributed by atoms with Gasteiger partial charge in [0.1, 0.15) is 17.3 Å². The van der Waals surface area contributed by atoms with E-state index in [9.17, 15) is 14.7 Å². The number of ether oxygens (including phenoxy) is 3. The maximum absolute atomic E-state index is 13.5. The summed E-state index contributed by atoms with van der Waals surface area (Å²) in [6.45, 7) is 13.6. The number of ketones is 1. The number of aryl methyl sites for hydroxylation is 1. The van der Waals surface area contributed by atoms with Gasteiger partial charge < -0.3 is 24.2 Å². The predicted octanol–water partition coefficient (Wildman–Crippen LogP) is 4.96. The van der Waals surface area contributed by atoms with E-state index in [0.717, 1.165) is 42.9 Å². The van der Waals surface area contributed by atoms with Crippen molar-refractivity contribution in [2.24, 2.45) is 5.92 Å². The van der Waals surface area contributed by atoms with Crippen molar-refractivity contribution in [2.45, 2.75) is 46.6 Å². The Bertz CT molecular complexity index is 1200. The van der Waals surface area contributed by atoms with Crippen LogP contribution in [0.1, 0.15) is 56.3 Å². The van der Waals surface area contributed by atoms with Gasteiger partial charge in [0.2, 0.25) is 0 Å². The van der Waals surface area contributed by atoms with Crippen LogP contribution in [0.25, 0.3) is 5.76 Å². The van der Waals surface area contributed by atoms with Crippen LogP contribution in [0.3, 0.4) is 0 Å². The Morgan fingerprint density at radius 3 is 2.38 bits per heavy atom. The molecule has 2 saturated heterocycles. The molecule has 1 N–H and O–H groups in total. The molecule has 0 aromatic heterocycles. The number of rotatable bonds is 12. The topological polar surface area (TPSA) is 88.5 Å². The van der Waals surface area contributed by atoms with Gasteiger partial charge in [-0.1, -0.05) is 32.9 Å². The molecule has 2 fully saturated rings. The first-order valence-electron chi connectivity index (χ1n) is 14.3. The summed E-state index contributed by atoms with van der Waals surface area (Å²) in [7, 11) is 0. The third kappa shape index (κ3) is 7.04. The van der Waals surface area contributed by atoms with Crippen LogP contribution >= 0.6 is 0 Å². The highest BCUT2D eigenvalue weighted by atomic mass is 16.5. The summed E-state index contributed by atoms with van der Waals surface area (Å²) in [6.07, 6.45) is 1.61. The Kier molecular flexibility index (Phi) is 10.2. The molecule has 40 heavy (non-hydrogen) atoms. The monoisotopic (exact) mass is 550 g/mol. The molecule has 1 unspecified atom stereocenters. The maximum atomic E-state index is 13.5. The summed E-state index contributed by atoms with van der Waals surface area (Å²) in [4.78, 5) is 30.7. The van der Waals surface area contributed by atoms with Crippen molar-refractivity contribution in [3.05, 3.63) is 64.7 Å². The van der Waals surface area contributed by atoms with Gasteiger partial charge in [-0.25, -0.2) is 0 Å². The molecule has 2 aliphatic rings. The molecule has 8 heteroatoms. The molecule has 216 valence electrons. The molecule has 1 amide bonds. The fourth-order valence-electron chi connectivity index (χ4n) is 5.11. The third-order valence-electron chi connectivity index (χ3n) is 7.22. The van der Waals surface area contributed by atoms with Crippen LogP contribution in [-0.2, 0) is 14.3 Å². The third-order valence-corrected chi connectivity index (χ3v) is 7.22. The highest BCUT2D eigenvalue weighted by Gasteiger charge is 2.46. The van der Waals surface area contributed by atoms with Crippen molar-refractivity contribution < 1.29 is 28.9 Å². The molecule has 0 saturated carbocycles. The van der Waals surface area contributed by atoms with Gasteiger partial charge in [0, 0.05) is 31.7 Å². The number of likely N-dealkylation sites (tertiary alicyclic amines) is 1. The van der Waals surface area contributed by atoms with Crippen LogP contribution in [0.2, 0.25) is 0 Å². The van der Waals surface area contributed by atoms with Crippen molar-refractivity contribution in [3.8, 4) is 11.5 Å². The van der Waals surface area contributed by atoms with Gasteiger partial charge in [-0.15, -0.1) is 0 Å². The first kappa shape index (κ1) is 29.6. The van der Waals surface area contributed by atoms with Crippen LogP contribution in [0.5, 0.6) is 11.5 Å². The van der Waals surface area contributed by atoms with E-state index < -0.39 is 17.7 Å². The summed E-state index contributed by atoms with van der Waals surface area (Å²) < 4.78 is 17.0. The average molecular weight is 551 g/mol. The van der Waals surface area contributed by atoms with E-state index in [1.807, 2.05) is 44.2 Å². The van der Waals surface area contributed by atoms with Gasteiger partial charge in [-0.3, -0.25) is 14.5 Å². The molecule has 1 atom stereocenters. The number of morpholine rings is 1. The second-order valence-electron chi connectivity index (χ2n) is 10.9. The van der Waals surface area contributed by atoms with E-state index in [2.05, 4.69) is 18.7 Å². The number of hydrogen-bond donors (Lipinski definition) is 1. The molecular formula is C32H42N2O6. The Morgan fingerprint density at radius 1 is 1.02 bits per heavy atom. The quantitative estimate of drug-likeness (QED) is 0.227. The van der Waals surface area contributed by atoms with E-state index in [4.69, 9.17) is 14.2 Å². The SMILES string of the molecule is CCCOc1ccc(C2/C(=C(\O)c3ccc(OCC(C)C)cc3C)C(=O)C(=O)N2CCCN2CCOCC2)cc1. The zero-order valence-electron chi connectivity index (χ0n) is 24.2. The largest absolute Gasteiger partial charge is 0.507 e. The molecule has 2 aromatic carbocycles. The molecule has 0 bridgehead atoms. The predicted molar refractivity (Wildman–Crippen MR) is 155 cm³/mol. The fourth-order valence-corrected chi connectivity index (χ4v) is 5.11. The lowest BCUT2D eigenvalue weighted by Crippen LogP contribution is -2.38. The second-order valence-corrected chi connectivity index (χ2v) is 10.9. The van der Waals surface area contributed by atoms with Crippen LogP contribution in [0.4, 0.5) is 0 Å². The van der Waals surface area contributed by atoms with Crippen molar-refractivity contribution in [1.29, 1.82) is 0 Å². The normalized spacial score (nSPS) is 19.4. The summed E-state index contributed by atoms with van der Waals surface area (Å²) >= 11 is 0. The number of aliphatic hydroxyl groups is 1.